The number of fused-ring (bicyclic) bond motifs is 6. The number of H-pyrrole nitrogens is 2. The van der Waals surface area contributed by atoms with Crippen LogP contribution in [-0.2, 0) is 10.2 Å². The number of aromatic amines is 2. The maximum atomic E-state index is 12.9. The highest BCUT2D eigenvalue weighted by Crippen LogP contribution is 2.42. The van der Waals surface area contributed by atoms with Gasteiger partial charge in [0.05, 0.1) is 34.6 Å². The highest BCUT2D eigenvalue weighted by atomic mass is 16.4. The Hall–Kier alpha value is -6.80. The van der Waals surface area contributed by atoms with E-state index in [0.29, 0.717) is 22.9 Å². The minimum Gasteiger partial charge on any atom is -0.478 e. The van der Waals surface area contributed by atoms with E-state index in [0.717, 1.165) is 50.6 Å². The summed E-state index contributed by atoms with van der Waals surface area (Å²) < 4.78 is 0. The molecule has 6 heterocycles. The lowest BCUT2D eigenvalue weighted by Gasteiger charge is -2.37. The van der Waals surface area contributed by atoms with E-state index in [1.54, 1.807) is 18.5 Å². The van der Waals surface area contributed by atoms with E-state index < -0.39 is 17.4 Å². The van der Waals surface area contributed by atoms with Crippen molar-refractivity contribution in [1.82, 2.24) is 20.3 Å². The first-order valence-electron chi connectivity index (χ1n) is 16.4. The van der Waals surface area contributed by atoms with Crippen LogP contribution in [0.15, 0.2) is 172 Å². The minimum atomic E-state index is -1.07. The summed E-state index contributed by atoms with van der Waals surface area (Å²) in [5.74, 6) is -0.392. The number of nitrogens with one attached hydrogen (secondary N) is 3. The van der Waals surface area contributed by atoms with Gasteiger partial charge in [-0.1, -0.05) is 84.9 Å². The minimum absolute atomic E-state index is 0.0898. The van der Waals surface area contributed by atoms with Crippen molar-refractivity contribution in [2.75, 3.05) is 0 Å². The molecule has 4 N–H and O–H groups in total. The van der Waals surface area contributed by atoms with E-state index in [4.69, 9.17) is 15.0 Å². The van der Waals surface area contributed by atoms with Crippen LogP contribution in [0.25, 0.3) is 34.4 Å². The average molecular weight is 651 g/mol. The van der Waals surface area contributed by atoms with Gasteiger partial charge in [-0.15, -0.1) is 0 Å². The number of aromatic nitrogens is 3. The standard InChI is InChI=1S/C42H30N6O2/c49-40(50)39-34-16-14-30(45-34)23-32-24-33(28-11-7-10-27(22-28)26-8-3-1-4-9-26)36(46-32)25-31-15-18-37(47-31)42(41-43-20-21-44-41,29-12-5-2-6-13-29)38-19-17-35(39)48-38/h1-25,38,46,48H,(H,43,44)(H,49,50)/b30-23-,31-25-,39-35+. The Morgan fingerprint density at radius 2 is 1.52 bits per heavy atom. The molecule has 0 saturated heterocycles. The van der Waals surface area contributed by atoms with E-state index in [9.17, 15) is 9.90 Å². The predicted octanol–water partition coefficient (Wildman–Crippen LogP) is 7.64. The molecule has 2 atom stereocenters. The number of nitrogens with zero attached hydrogens (tertiary/aromatic N) is 3. The molecule has 8 heteroatoms. The number of hydrogen-bond acceptors (Lipinski definition) is 5. The quantitative estimate of drug-likeness (QED) is 0.156. The summed E-state index contributed by atoms with van der Waals surface area (Å²) in [6, 6.07) is 30.6. The van der Waals surface area contributed by atoms with Crippen LogP contribution in [0.1, 0.15) is 22.8 Å². The SMILES string of the molecule is O=C(O)/C1=C2\C=CC(N2)C(c2ccccc2)(c2ncc[nH]2)C2=N/C(=C\c3[nH]c(cc3-c3cccc(-c4ccccc4)c3)/C=C3/C=CC1=N3)C=C2. The van der Waals surface area contributed by atoms with Crippen molar-refractivity contribution in [3.63, 3.8) is 0 Å². The Labute approximate surface area is 288 Å². The molecule has 0 aliphatic carbocycles. The van der Waals surface area contributed by atoms with Gasteiger partial charge in [-0.3, -0.25) is 4.99 Å². The van der Waals surface area contributed by atoms with Gasteiger partial charge in [0, 0.05) is 29.3 Å². The summed E-state index contributed by atoms with van der Waals surface area (Å²) in [5.41, 5.74) is 9.14. The van der Waals surface area contributed by atoms with Gasteiger partial charge in [-0.25, -0.2) is 14.8 Å². The third-order valence-electron chi connectivity index (χ3n) is 9.55. The van der Waals surface area contributed by atoms with Crippen molar-refractivity contribution < 1.29 is 9.90 Å². The largest absolute Gasteiger partial charge is 0.478 e. The van der Waals surface area contributed by atoms with Crippen molar-refractivity contribution in [3.05, 3.63) is 185 Å². The third kappa shape index (κ3) is 4.85. The molecular formula is C42H30N6O2. The average Bonchev–Trinajstić information content (AvgIpc) is 4.00. The lowest BCUT2D eigenvalue weighted by Crippen LogP contribution is -2.52. The molecule has 8 bridgehead atoms. The number of hydrogen-bond donors (Lipinski definition) is 4. The zero-order valence-corrected chi connectivity index (χ0v) is 26.7. The van der Waals surface area contributed by atoms with Crippen LogP contribution >= 0.6 is 0 Å². The van der Waals surface area contributed by atoms with Gasteiger partial charge in [0.1, 0.15) is 16.8 Å². The molecule has 50 heavy (non-hydrogen) atoms. The van der Waals surface area contributed by atoms with E-state index in [2.05, 4.69) is 76.0 Å². The first-order valence-corrected chi connectivity index (χ1v) is 16.4. The fraction of sp³-hybridized carbons (Fsp3) is 0.0476. The van der Waals surface area contributed by atoms with Gasteiger partial charge in [0.25, 0.3) is 0 Å². The summed E-state index contributed by atoms with van der Waals surface area (Å²) in [6.45, 7) is 0. The fourth-order valence-corrected chi connectivity index (χ4v) is 7.30. The second-order valence-corrected chi connectivity index (χ2v) is 12.5. The van der Waals surface area contributed by atoms with Gasteiger partial charge >= 0.3 is 5.97 Å². The Morgan fingerprint density at radius 1 is 0.760 bits per heavy atom. The highest BCUT2D eigenvalue weighted by molar-refractivity contribution is 6.26. The smallest absolute Gasteiger partial charge is 0.340 e. The van der Waals surface area contributed by atoms with E-state index >= 15 is 0 Å². The van der Waals surface area contributed by atoms with Crippen LogP contribution in [0, 0.1) is 0 Å². The molecule has 5 aromatic rings. The lowest BCUT2D eigenvalue weighted by atomic mass is 9.69. The Bertz CT molecular complexity index is 2420. The normalized spacial score (nSPS) is 23.9. The van der Waals surface area contributed by atoms with Crippen LogP contribution < -0.4 is 5.32 Å². The van der Waals surface area contributed by atoms with E-state index in [1.807, 2.05) is 72.9 Å². The fourth-order valence-electron chi connectivity index (χ4n) is 7.30. The number of allylic oxidation sites excluding steroid dienone is 5. The monoisotopic (exact) mass is 650 g/mol. The molecule has 3 aromatic carbocycles. The molecule has 8 nitrogen and oxygen atoms in total. The molecular weight excluding hydrogens is 621 g/mol. The number of imidazole rings is 1. The summed E-state index contributed by atoms with van der Waals surface area (Å²) in [5, 5.41) is 14.1. The number of carboxylic acid groups (broad SMARTS) is 1. The van der Waals surface area contributed by atoms with Crippen molar-refractivity contribution in [3.8, 4) is 22.3 Å². The van der Waals surface area contributed by atoms with Crippen LogP contribution in [0.2, 0.25) is 0 Å². The van der Waals surface area contributed by atoms with Gasteiger partial charge in [-0.2, -0.15) is 0 Å². The topological polar surface area (TPSA) is 119 Å². The zero-order chi connectivity index (χ0) is 33.7. The number of rotatable bonds is 5. The molecule has 0 amide bonds. The maximum absolute atomic E-state index is 12.9. The summed E-state index contributed by atoms with van der Waals surface area (Å²) in [4.78, 5) is 34.7. The van der Waals surface area contributed by atoms with Crippen LogP contribution in [0.3, 0.4) is 0 Å². The first kappa shape index (κ1) is 29.3. The Morgan fingerprint density at radius 3 is 2.32 bits per heavy atom. The number of benzene rings is 3. The molecule has 0 spiro atoms. The molecule has 240 valence electrons. The van der Waals surface area contributed by atoms with Gasteiger partial charge in [-0.05, 0) is 76.9 Å². The molecule has 2 unspecified atom stereocenters. The summed E-state index contributed by atoms with van der Waals surface area (Å²) >= 11 is 0. The summed E-state index contributed by atoms with van der Waals surface area (Å²) in [6.07, 6.45) is 19.0. The third-order valence-corrected chi connectivity index (χ3v) is 9.55. The van der Waals surface area contributed by atoms with E-state index in [1.165, 1.54) is 0 Å². The van der Waals surface area contributed by atoms with Gasteiger partial charge in [0.15, 0.2) is 0 Å². The zero-order valence-electron chi connectivity index (χ0n) is 26.7. The number of carboxylic acids is 1. The molecule has 2 aromatic heterocycles. The molecule has 0 saturated carbocycles. The van der Waals surface area contributed by atoms with Crippen LogP contribution in [-0.4, -0.2) is 43.5 Å². The molecule has 0 radical (unpaired) electrons. The lowest BCUT2D eigenvalue weighted by molar-refractivity contribution is -0.132. The van der Waals surface area contributed by atoms with Crippen molar-refractivity contribution in [2.45, 2.75) is 11.5 Å². The highest BCUT2D eigenvalue weighted by Gasteiger charge is 2.49. The first-order chi connectivity index (χ1) is 24.6. The predicted molar refractivity (Wildman–Crippen MR) is 197 cm³/mol. The Balaban J connectivity index is 1.29. The van der Waals surface area contributed by atoms with Crippen LogP contribution in [0.4, 0.5) is 0 Å². The number of aliphatic imine (C=N–C) groups is 2. The summed E-state index contributed by atoms with van der Waals surface area (Å²) in [7, 11) is 0. The molecule has 0 fully saturated rings. The molecule has 4 aliphatic heterocycles. The molecule has 4 aliphatic rings. The second-order valence-electron chi connectivity index (χ2n) is 12.5. The van der Waals surface area contributed by atoms with Crippen LogP contribution in [0.5, 0.6) is 0 Å². The number of carbonyl (C=O) groups is 1. The number of aliphatic carboxylic acids is 1. The van der Waals surface area contributed by atoms with Gasteiger partial charge < -0.3 is 20.4 Å². The van der Waals surface area contributed by atoms with Crippen molar-refractivity contribution in [2.24, 2.45) is 9.98 Å². The van der Waals surface area contributed by atoms with Crippen molar-refractivity contribution in [1.29, 1.82) is 0 Å². The second kappa shape index (κ2) is 11.7. The maximum Gasteiger partial charge on any atom is 0.340 e. The molecule has 9 rings (SSSR count). The van der Waals surface area contributed by atoms with Gasteiger partial charge in [0.2, 0.25) is 0 Å². The van der Waals surface area contributed by atoms with E-state index in [-0.39, 0.29) is 5.57 Å². The van der Waals surface area contributed by atoms with Crippen molar-refractivity contribution >= 4 is 29.5 Å². The Kier molecular flexibility index (Phi) is 6.88.